The predicted octanol–water partition coefficient (Wildman–Crippen LogP) is 3.00. The molecule has 3 heteroatoms. The van der Waals surface area contributed by atoms with Gasteiger partial charge in [-0.05, 0) is 12.1 Å². The van der Waals surface area contributed by atoms with E-state index in [9.17, 15) is 4.39 Å². The van der Waals surface area contributed by atoms with Crippen molar-refractivity contribution in [1.29, 1.82) is 0 Å². The van der Waals surface area contributed by atoms with Crippen LogP contribution in [0.2, 0.25) is 0 Å². The number of halogens is 1. The molecule has 1 heterocycles. The summed E-state index contributed by atoms with van der Waals surface area (Å²) in [6.07, 6.45) is 1.61. The molecule has 0 saturated carbocycles. The van der Waals surface area contributed by atoms with Crippen molar-refractivity contribution in [3.63, 3.8) is 0 Å². The number of fused-ring (bicyclic) bond motifs is 1. The molecule has 0 aliphatic carbocycles. The minimum Gasteiger partial charge on any atom is -0.464 e. The van der Waals surface area contributed by atoms with Gasteiger partial charge < -0.3 is 4.42 Å². The van der Waals surface area contributed by atoms with Crippen molar-refractivity contribution in [1.82, 2.24) is 0 Å². The summed E-state index contributed by atoms with van der Waals surface area (Å²) in [7, 11) is 0. The molecule has 0 spiro atoms. The monoisotopic (exact) mass is 182 g/mol. The van der Waals surface area contributed by atoms with E-state index >= 15 is 0 Å². The van der Waals surface area contributed by atoms with Crippen LogP contribution in [-0.2, 0) is 5.75 Å². The average Bonchev–Trinajstić information content (AvgIpc) is 2.46. The van der Waals surface area contributed by atoms with Gasteiger partial charge in [-0.15, -0.1) is 0 Å². The Hall–Kier alpha value is -0.960. The van der Waals surface area contributed by atoms with Crippen molar-refractivity contribution in [3.8, 4) is 0 Å². The lowest BCUT2D eigenvalue weighted by molar-refractivity contribution is 0.597. The molecule has 0 aliphatic rings. The maximum absolute atomic E-state index is 12.7. The number of rotatable bonds is 1. The largest absolute Gasteiger partial charge is 0.464 e. The first kappa shape index (κ1) is 7.68. The van der Waals surface area contributed by atoms with Gasteiger partial charge in [0.2, 0.25) is 0 Å². The zero-order chi connectivity index (χ0) is 8.55. The molecule has 0 N–H and O–H groups in total. The van der Waals surface area contributed by atoms with Gasteiger partial charge in [0.25, 0.3) is 0 Å². The van der Waals surface area contributed by atoms with Crippen LogP contribution in [-0.4, -0.2) is 0 Å². The molecular weight excluding hydrogens is 175 g/mol. The topological polar surface area (TPSA) is 13.1 Å². The summed E-state index contributed by atoms with van der Waals surface area (Å²) in [5.41, 5.74) is 1.58. The summed E-state index contributed by atoms with van der Waals surface area (Å²) >= 11 is 4.12. The molecule has 0 amide bonds. The molecule has 2 rings (SSSR count). The average molecular weight is 182 g/mol. The molecule has 1 nitrogen and oxygen atoms in total. The minimum atomic E-state index is -0.275. The summed E-state index contributed by atoms with van der Waals surface area (Å²) < 4.78 is 17.8. The van der Waals surface area contributed by atoms with Crippen molar-refractivity contribution < 1.29 is 8.81 Å². The fraction of sp³-hybridized carbons (Fsp3) is 0.111. The molecular formula is C9H7FOS. The third-order valence-corrected chi connectivity index (χ3v) is 2.13. The zero-order valence-electron chi connectivity index (χ0n) is 6.25. The number of hydrogen-bond donors (Lipinski definition) is 1. The third-order valence-electron chi connectivity index (χ3n) is 1.79. The van der Waals surface area contributed by atoms with Crippen LogP contribution in [0.25, 0.3) is 11.0 Å². The van der Waals surface area contributed by atoms with Crippen LogP contribution < -0.4 is 0 Å². The number of hydrogen-bond acceptors (Lipinski definition) is 2. The molecule has 0 saturated heterocycles. The van der Waals surface area contributed by atoms with Crippen molar-refractivity contribution in [2.45, 2.75) is 5.75 Å². The molecule has 0 radical (unpaired) electrons. The lowest BCUT2D eigenvalue weighted by Gasteiger charge is -1.90. The highest BCUT2D eigenvalue weighted by molar-refractivity contribution is 7.79. The maximum atomic E-state index is 12.7. The van der Waals surface area contributed by atoms with Gasteiger partial charge in [0, 0.05) is 22.8 Å². The summed E-state index contributed by atoms with van der Waals surface area (Å²) in [6.45, 7) is 0. The van der Waals surface area contributed by atoms with Crippen molar-refractivity contribution >= 4 is 23.6 Å². The van der Waals surface area contributed by atoms with Gasteiger partial charge in [0.1, 0.15) is 11.4 Å². The molecule has 2 aromatic rings. The standard InChI is InChI=1S/C9H7FOS/c10-7-1-2-8-6(5-12)4-11-9(8)3-7/h1-4,12H,5H2. The Labute approximate surface area is 74.6 Å². The Balaban J connectivity index is 2.73. The molecule has 12 heavy (non-hydrogen) atoms. The van der Waals surface area contributed by atoms with Crippen LogP contribution >= 0.6 is 12.6 Å². The highest BCUT2D eigenvalue weighted by Crippen LogP contribution is 2.22. The lowest BCUT2D eigenvalue weighted by atomic mass is 10.2. The highest BCUT2D eigenvalue weighted by atomic mass is 32.1. The van der Waals surface area contributed by atoms with E-state index in [1.807, 2.05) is 0 Å². The Bertz CT molecular complexity index is 408. The Morgan fingerprint density at radius 1 is 1.42 bits per heavy atom. The quantitative estimate of drug-likeness (QED) is 0.669. The first-order valence-electron chi connectivity index (χ1n) is 3.58. The first-order valence-corrected chi connectivity index (χ1v) is 4.21. The molecule has 62 valence electrons. The van der Waals surface area contributed by atoms with Gasteiger partial charge in [-0.2, -0.15) is 12.6 Å². The fourth-order valence-electron chi connectivity index (χ4n) is 1.18. The number of benzene rings is 1. The van der Waals surface area contributed by atoms with Gasteiger partial charge in [-0.3, -0.25) is 0 Å². The first-order chi connectivity index (χ1) is 5.81. The molecule has 1 aromatic heterocycles. The zero-order valence-corrected chi connectivity index (χ0v) is 7.14. The maximum Gasteiger partial charge on any atom is 0.137 e. The van der Waals surface area contributed by atoms with Gasteiger partial charge in [-0.1, -0.05) is 0 Å². The summed E-state index contributed by atoms with van der Waals surface area (Å²) in [4.78, 5) is 0. The summed E-state index contributed by atoms with van der Waals surface area (Å²) in [5, 5.41) is 0.936. The van der Waals surface area contributed by atoms with Crippen LogP contribution in [0.3, 0.4) is 0 Å². The summed E-state index contributed by atoms with van der Waals surface area (Å²) in [6, 6.07) is 4.51. The smallest absolute Gasteiger partial charge is 0.137 e. The van der Waals surface area contributed by atoms with Crippen LogP contribution in [0.15, 0.2) is 28.9 Å². The van der Waals surface area contributed by atoms with E-state index in [1.54, 1.807) is 12.3 Å². The normalized spacial score (nSPS) is 10.8. The van der Waals surface area contributed by atoms with E-state index in [-0.39, 0.29) is 5.82 Å². The second-order valence-electron chi connectivity index (χ2n) is 2.56. The summed E-state index contributed by atoms with van der Waals surface area (Å²) in [5.74, 6) is 0.334. The molecule has 0 atom stereocenters. The van der Waals surface area contributed by atoms with Gasteiger partial charge in [-0.25, -0.2) is 4.39 Å². The van der Waals surface area contributed by atoms with E-state index in [0.29, 0.717) is 11.3 Å². The van der Waals surface area contributed by atoms with Crippen molar-refractivity contribution in [3.05, 3.63) is 35.8 Å². The Kier molecular flexibility index (Phi) is 1.81. The second-order valence-corrected chi connectivity index (χ2v) is 2.88. The van der Waals surface area contributed by atoms with Gasteiger partial charge >= 0.3 is 0 Å². The van der Waals surface area contributed by atoms with Gasteiger partial charge in [0.05, 0.1) is 6.26 Å². The van der Waals surface area contributed by atoms with E-state index < -0.39 is 0 Å². The molecule has 1 aromatic carbocycles. The van der Waals surface area contributed by atoms with E-state index in [0.717, 1.165) is 10.9 Å². The third kappa shape index (κ3) is 1.10. The fourth-order valence-corrected chi connectivity index (χ4v) is 1.42. The van der Waals surface area contributed by atoms with Crippen molar-refractivity contribution in [2.24, 2.45) is 0 Å². The van der Waals surface area contributed by atoms with Crippen molar-refractivity contribution in [2.75, 3.05) is 0 Å². The van der Waals surface area contributed by atoms with E-state index in [2.05, 4.69) is 12.6 Å². The highest BCUT2D eigenvalue weighted by Gasteiger charge is 2.04. The van der Waals surface area contributed by atoms with Crippen LogP contribution in [0.4, 0.5) is 4.39 Å². The second kappa shape index (κ2) is 2.83. The minimum absolute atomic E-state index is 0.275. The van der Waals surface area contributed by atoms with Crippen LogP contribution in [0.1, 0.15) is 5.56 Å². The molecule has 0 aliphatic heterocycles. The lowest BCUT2D eigenvalue weighted by Crippen LogP contribution is -1.74. The Morgan fingerprint density at radius 2 is 2.25 bits per heavy atom. The molecule has 0 bridgehead atoms. The Morgan fingerprint density at radius 3 is 3.00 bits per heavy atom. The molecule has 0 unspecified atom stereocenters. The van der Waals surface area contributed by atoms with Crippen LogP contribution in [0, 0.1) is 5.82 Å². The van der Waals surface area contributed by atoms with E-state index in [1.165, 1.54) is 12.1 Å². The predicted molar refractivity (Wildman–Crippen MR) is 48.9 cm³/mol. The van der Waals surface area contributed by atoms with Gasteiger partial charge in [0.15, 0.2) is 0 Å². The SMILES string of the molecule is Fc1ccc2c(CS)coc2c1. The number of furan rings is 1. The van der Waals surface area contributed by atoms with Crippen LogP contribution in [0.5, 0.6) is 0 Å². The number of thiol groups is 1. The molecule has 0 fully saturated rings. The van der Waals surface area contributed by atoms with E-state index in [4.69, 9.17) is 4.42 Å².